The molecule has 2 heterocycles. The van der Waals surface area contributed by atoms with Gasteiger partial charge in [-0.1, -0.05) is 44.9 Å². The van der Waals surface area contributed by atoms with Crippen LogP contribution in [0.15, 0.2) is 11.6 Å². The maximum Gasteiger partial charge on any atom is 0.282 e. The molecule has 0 radical (unpaired) electrons. The number of ether oxygens (including phenoxy) is 1. The predicted molar refractivity (Wildman–Crippen MR) is 117 cm³/mol. The van der Waals surface area contributed by atoms with E-state index in [0.29, 0.717) is 12.1 Å². The van der Waals surface area contributed by atoms with Crippen molar-refractivity contribution in [2.24, 2.45) is 0 Å². The van der Waals surface area contributed by atoms with Gasteiger partial charge in [0.25, 0.3) is 5.91 Å². The smallest absolute Gasteiger partial charge is 0.282 e. The first-order chi connectivity index (χ1) is 14.2. The van der Waals surface area contributed by atoms with Crippen LogP contribution >= 0.6 is 12.2 Å². The molecule has 160 valence electrons. The number of thiocarbonyl (C=S) groups is 1. The normalized spacial score (nSPS) is 34.7. The summed E-state index contributed by atoms with van der Waals surface area (Å²) >= 11 is 6.00. The Kier molecular flexibility index (Phi) is 5.48. The molecule has 2 aliphatic heterocycles. The molecule has 2 saturated heterocycles. The van der Waals surface area contributed by atoms with Gasteiger partial charge in [-0.05, 0) is 57.2 Å². The quantitative estimate of drug-likeness (QED) is 0.488. The summed E-state index contributed by atoms with van der Waals surface area (Å²) in [5.74, 6) is 0.908. The van der Waals surface area contributed by atoms with Crippen molar-refractivity contribution in [3.63, 3.8) is 0 Å². The van der Waals surface area contributed by atoms with Crippen LogP contribution in [0.25, 0.3) is 0 Å². The van der Waals surface area contributed by atoms with Crippen molar-refractivity contribution in [3.8, 4) is 0 Å². The summed E-state index contributed by atoms with van der Waals surface area (Å²) in [6.45, 7) is 0. The Labute approximate surface area is 180 Å². The molecule has 29 heavy (non-hydrogen) atoms. The van der Waals surface area contributed by atoms with Crippen LogP contribution < -0.4 is 0 Å². The zero-order chi connectivity index (χ0) is 20.0. The van der Waals surface area contributed by atoms with E-state index in [1.54, 1.807) is 0 Å². The summed E-state index contributed by atoms with van der Waals surface area (Å²) < 4.78 is 6.49. The average molecular weight is 418 g/mol. The van der Waals surface area contributed by atoms with Gasteiger partial charge in [0.2, 0.25) is 5.88 Å². The lowest BCUT2D eigenvalue weighted by Gasteiger charge is -2.35. The summed E-state index contributed by atoms with van der Waals surface area (Å²) in [5, 5.41) is 0.753. The van der Waals surface area contributed by atoms with Crippen molar-refractivity contribution in [1.82, 2.24) is 14.7 Å². The van der Waals surface area contributed by atoms with Gasteiger partial charge in [0, 0.05) is 19.1 Å². The minimum atomic E-state index is 0.105. The number of hydrogen-bond acceptors (Lipinski definition) is 4. The third kappa shape index (κ3) is 3.35. The van der Waals surface area contributed by atoms with Crippen molar-refractivity contribution in [2.75, 3.05) is 7.05 Å². The van der Waals surface area contributed by atoms with Crippen molar-refractivity contribution in [1.29, 1.82) is 0 Å². The molecule has 5 fully saturated rings. The number of likely N-dealkylation sites (N-methyl/N-ethyl adjacent to an activating group) is 1. The fourth-order valence-corrected chi connectivity index (χ4v) is 6.78. The number of carbonyl (C=O) groups is 1. The molecular formula is C23H35N3O2S. The van der Waals surface area contributed by atoms with Gasteiger partial charge < -0.3 is 14.5 Å². The molecule has 0 aromatic carbocycles. The lowest BCUT2D eigenvalue weighted by molar-refractivity contribution is -0.125. The maximum absolute atomic E-state index is 13.8. The SMILES string of the molecule is CN1/C(=C2\C(=O)N(C3CCCCC3)C(=S)N2C2CCCCC2)OC2CCCCC21. The van der Waals surface area contributed by atoms with E-state index in [0.717, 1.165) is 55.2 Å². The van der Waals surface area contributed by atoms with Gasteiger partial charge in [-0.15, -0.1) is 0 Å². The van der Waals surface area contributed by atoms with Crippen LogP contribution in [-0.4, -0.2) is 57.0 Å². The van der Waals surface area contributed by atoms with E-state index in [4.69, 9.17) is 17.0 Å². The Bertz CT molecular complexity index is 696. The van der Waals surface area contributed by atoms with Gasteiger partial charge in [-0.3, -0.25) is 9.69 Å². The van der Waals surface area contributed by atoms with Crippen molar-refractivity contribution >= 4 is 23.2 Å². The summed E-state index contributed by atoms with van der Waals surface area (Å²) in [7, 11) is 2.12. The van der Waals surface area contributed by atoms with E-state index >= 15 is 0 Å². The second kappa shape index (κ2) is 8.09. The topological polar surface area (TPSA) is 36.0 Å². The van der Waals surface area contributed by atoms with E-state index in [1.165, 1.54) is 51.4 Å². The number of nitrogens with zero attached hydrogens (tertiary/aromatic N) is 3. The van der Waals surface area contributed by atoms with Crippen molar-refractivity contribution in [2.45, 2.75) is 114 Å². The molecule has 5 rings (SSSR count). The summed E-state index contributed by atoms with van der Waals surface area (Å²) in [5.41, 5.74) is 0.754. The Hall–Kier alpha value is -1.30. The Balaban J connectivity index is 1.53. The van der Waals surface area contributed by atoms with Gasteiger partial charge in [0.05, 0.1) is 6.04 Å². The van der Waals surface area contributed by atoms with Gasteiger partial charge in [-0.25, -0.2) is 0 Å². The summed E-state index contributed by atoms with van der Waals surface area (Å²) in [6, 6.07) is 1.02. The van der Waals surface area contributed by atoms with E-state index in [9.17, 15) is 4.79 Å². The molecule has 5 aliphatic rings. The van der Waals surface area contributed by atoms with Crippen LogP contribution in [0, 0.1) is 0 Å². The van der Waals surface area contributed by atoms with Crippen molar-refractivity contribution in [3.05, 3.63) is 11.6 Å². The summed E-state index contributed by atoms with van der Waals surface area (Å²) in [4.78, 5) is 20.3. The minimum absolute atomic E-state index is 0.105. The number of hydrogen-bond donors (Lipinski definition) is 0. The van der Waals surface area contributed by atoms with Crippen LogP contribution in [0.3, 0.4) is 0 Å². The highest BCUT2D eigenvalue weighted by atomic mass is 32.1. The molecule has 1 amide bonds. The fourth-order valence-electron chi connectivity index (χ4n) is 6.31. The molecule has 3 saturated carbocycles. The standard InChI is InChI=1S/C23H35N3O2S/c1-24-18-14-8-9-15-19(18)28-22(24)20-21(27)26(17-12-6-3-7-13-17)23(29)25(20)16-10-4-2-5-11-16/h16-19H,2-15H2,1H3/b22-20-. The first-order valence-corrected chi connectivity index (χ1v) is 12.4. The molecule has 2 atom stereocenters. The third-order valence-electron chi connectivity index (χ3n) is 7.91. The van der Waals surface area contributed by atoms with Gasteiger partial charge in [0.1, 0.15) is 6.10 Å². The third-order valence-corrected chi connectivity index (χ3v) is 8.30. The molecule has 0 aromatic heterocycles. The van der Waals surface area contributed by atoms with Gasteiger partial charge >= 0.3 is 0 Å². The monoisotopic (exact) mass is 417 g/mol. The predicted octanol–water partition coefficient (Wildman–Crippen LogP) is 4.52. The molecule has 0 N–H and O–H groups in total. The Morgan fingerprint density at radius 3 is 1.97 bits per heavy atom. The number of amides is 1. The Morgan fingerprint density at radius 2 is 1.34 bits per heavy atom. The number of rotatable bonds is 2. The highest BCUT2D eigenvalue weighted by Gasteiger charge is 2.50. The molecule has 0 aromatic rings. The van der Waals surface area contributed by atoms with Gasteiger partial charge in [-0.2, -0.15) is 0 Å². The molecule has 2 unspecified atom stereocenters. The largest absolute Gasteiger partial charge is 0.472 e. The lowest BCUT2D eigenvalue weighted by Crippen LogP contribution is -2.44. The fraction of sp³-hybridized carbons (Fsp3) is 0.826. The lowest BCUT2D eigenvalue weighted by atomic mass is 9.92. The highest BCUT2D eigenvalue weighted by Crippen LogP contribution is 2.42. The second-order valence-electron chi connectivity index (χ2n) is 9.68. The second-order valence-corrected chi connectivity index (χ2v) is 10.0. The van der Waals surface area contributed by atoms with Crippen LogP contribution in [0.5, 0.6) is 0 Å². The number of fused-ring (bicyclic) bond motifs is 1. The van der Waals surface area contributed by atoms with Crippen molar-refractivity contribution < 1.29 is 9.53 Å². The maximum atomic E-state index is 13.8. The van der Waals surface area contributed by atoms with Crippen LogP contribution in [0.1, 0.15) is 89.9 Å². The van der Waals surface area contributed by atoms with Crippen LogP contribution in [0.4, 0.5) is 0 Å². The molecule has 0 bridgehead atoms. The summed E-state index contributed by atoms with van der Waals surface area (Å²) in [6.07, 6.45) is 16.8. The molecule has 3 aliphatic carbocycles. The zero-order valence-corrected chi connectivity index (χ0v) is 18.6. The molecular weight excluding hydrogens is 382 g/mol. The highest BCUT2D eigenvalue weighted by molar-refractivity contribution is 7.80. The van der Waals surface area contributed by atoms with Crippen LogP contribution in [0.2, 0.25) is 0 Å². The van der Waals surface area contributed by atoms with E-state index in [2.05, 4.69) is 16.8 Å². The van der Waals surface area contributed by atoms with E-state index in [-0.39, 0.29) is 18.1 Å². The average Bonchev–Trinajstić information content (AvgIpc) is 3.22. The van der Waals surface area contributed by atoms with Gasteiger partial charge in [0.15, 0.2) is 10.8 Å². The number of carbonyl (C=O) groups excluding carboxylic acids is 1. The van der Waals surface area contributed by atoms with E-state index < -0.39 is 0 Å². The molecule has 6 heteroatoms. The van der Waals surface area contributed by atoms with Crippen LogP contribution in [-0.2, 0) is 9.53 Å². The molecule has 0 spiro atoms. The minimum Gasteiger partial charge on any atom is -0.472 e. The first kappa shape index (κ1) is 19.7. The first-order valence-electron chi connectivity index (χ1n) is 12.0. The Morgan fingerprint density at radius 1 is 0.793 bits per heavy atom. The zero-order valence-electron chi connectivity index (χ0n) is 17.8. The molecule has 5 nitrogen and oxygen atoms in total. The van der Waals surface area contributed by atoms with E-state index in [1.807, 2.05) is 4.90 Å².